The van der Waals surface area contributed by atoms with E-state index in [1.54, 1.807) is 11.9 Å². The van der Waals surface area contributed by atoms with Gasteiger partial charge in [0.2, 0.25) is 5.91 Å². The first-order chi connectivity index (χ1) is 9.77. The topological polar surface area (TPSA) is 86.7 Å². The van der Waals surface area contributed by atoms with Crippen molar-refractivity contribution >= 4 is 33.0 Å². The number of rotatable bonds is 4. The summed E-state index contributed by atoms with van der Waals surface area (Å²) in [5.41, 5.74) is 0.236. The molecule has 0 spiro atoms. The van der Waals surface area contributed by atoms with Crippen LogP contribution in [0.4, 0.5) is 5.69 Å². The number of sulfone groups is 1. The molecule has 1 amide bonds. The van der Waals surface area contributed by atoms with Gasteiger partial charge in [-0.1, -0.05) is 11.6 Å². The number of halogens is 1. The summed E-state index contributed by atoms with van der Waals surface area (Å²) in [4.78, 5) is 13.7. The quantitative estimate of drug-likeness (QED) is 0.806. The van der Waals surface area contributed by atoms with E-state index in [0.29, 0.717) is 11.4 Å². The van der Waals surface area contributed by atoms with Crippen LogP contribution in [-0.4, -0.2) is 55.5 Å². The number of nitrogens with one attached hydrogen (secondary N) is 1. The number of carbonyl (C=O) groups is 1. The molecule has 1 aliphatic rings. The van der Waals surface area contributed by atoms with Crippen LogP contribution in [0.5, 0.6) is 5.75 Å². The molecule has 1 fully saturated rings. The second kappa shape index (κ2) is 6.21. The normalized spacial score (nSPS) is 20.6. The van der Waals surface area contributed by atoms with Crippen molar-refractivity contribution in [3.8, 4) is 5.75 Å². The highest BCUT2D eigenvalue weighted by atomic mass is 35.5. The van der Waals surface area contributed by atoms with Crippen molar-refractivity contribution in [2.75, 3.05) is 30.4 Å². The largest absolute Gasteiger partial charge is 0.506 e. The Morgan fingerprint density at radius 3 is 2.86 bits per heavy atom. The highest BCUT2D eigenvalue weighted by Crippen LogP contribution is 2.26. The number of hydrogen-bond acceptors (Lipinski definition) is 5. The number of aromatic hydroxyl groups is 1. The summed E-state index contributed by atoms with van der Waals surface area (Å²) in [5, 5.41) is 12.6. The maximum absolute atomic E-state index is 11.9. The van der Waals surface area contributed by atoms with Crippen LogP contribution < -0.4 is 5.32 Å². The van der Waals surface area contributed by atoms with Crippen LogP contribution in [-0.2, 0) is 14.6 Å². The molecule has 1 aliphatic heterocycles. The summed E-state index contributed by atoms with van der Waals surface area (Å²) in [6.45, 7) is 0.0478. The van der Waals surface area contributed by atoms with Gasteiger partial charge in [-0.25, -0.2) is 8.42 Å². The van der Waals surface area contributed by atoms with Crippen LogP contribution in [0.25, 0.3) is 0 Å². The van der Waals surface area contributed by atoms with Gasteiger partial charge in [-0.2, -0.15) is 0 Å². The van der Waals surface area contributed by atoms with Crippen LogP contribution in [0.15, 0.2) is 18.2 Å². The number of likely N-dealkylation sites (N-methyl/N-ethyl adjacent to an activating group) is 1. The van der Waals surface area contributed by atoms with Crippen molar-refractivity contribution in [3.05, 3.63) is 23.2 Å². The number of nitrogens with zero attached hydrogens (tertiary/aromatic N) is 1. The summed E-state index contributed by atoms with van der Waals surface area (Å²) < 4.78 is 22.9. The number of phenolic OH excluding ortho intramolecular Hbond substituents is 1. The molecule has 2 N–H and O–H groups in total. The average molecular weight is 333 g/mol. The lowest BCUT2D eigenvalue weighted by Gasteiger charge is -2.22. The maximum atomic E-state index is 11.9. The van der Waals surface area contributed by atoms with Gasteiger partial charge in [-0.3, -0.25) is 9.69 Å². The fraction of sp³-hybridized carbons (Fsp3) is 0.462. The van der Waals surface area contributed by atoms with Gasteiger partial charge < -0.3 is 10.4 Å². The van der Waals surface area contributed by atoms with Crippen molar-refractivity contribution in [3.63, 3.8) is 0 Å². The van der Waals surface area contributed by atoms with Gasteiger partial charge in [0.1, 0.15) is 5.75 Å². The van der Waals surface area contributed by atoms with E-state index in [9.17, 15) is 18.3 Å². The van der Waals surface area contributed by atoms with E-state index in [4.69, 9.17) is 11.6 Å². The molecule has 0 aromatic heterocycles. The first-order valence-corrected chi connectivity index (χ1v) is 8.66. The third-order valence-corrected chi connectivity index (χ3v) is 5.44. The van der Waals surface area contributed by atoms with Gasteiger partial charge in [0.05, 0.1) is 23.7 Å². The first-order valence-electron chi connectivity index (χ1n) is 6.46. The molecule has 1 aromatic rings. The Morgan fingerprint density at radius 1 is 1.52 bits per heavy atom. The van der Waals surface area contributed by atoms with E-state index in [1.807, 2.05) is 0 Å². The molecule has 0 bridgehead atoms. The van der Waals surface area contributed by atoms with Crippen molar-refractivity contribution < 1.29 is 18.3 Å². The highest BCUT2D eigenvalue weighted by Gasteiger charge is 2.31. The number of anilines is 1. The summed E-state index contributed by atoms with van der Waals surface area (Å²) in [6.07, 6.45) is 0.536. The summed E-state index contributed by atoms with van der Waals surface area (Å²) >= 11 is 5.80. The molecule has 8 heteroatoms. The lowest BCUT2D eigenvalue weighted by Crippen LogP contribution is -2.38. The molecular formula is C13H17ClN2O4S. The minimum Gasteiger partial charge on any atom is -0.506 e. The molecular weight excluding hydrogens is 316 g/mol. The van der Waals surface area contributed by atoms with Gasteiger partial charge >= 0.3 is 0 Å². The fourth-order valence-electron chi connectivity index (χ4n) is 2.28. The molecule has 1 atom stereocenters. The molecule has 0 unspecified atom stereocenters. The van der Waals surface area contributed by atoms with Crippen LogP contribution in [0, 0.1) is 0 Å². The lowest BCUT2D eigenvalue weighted by atomic mass is 10.2. The Morgan fingerprint density at radius 2 is 2.24 bits per heavy atom. The Labute approximate surface area is 128 Å². The molecule has 1 heterocycles. The van der Waals surface area contributed by atoms with Crippen molar-refractivity contribution in [1.82, 2.24) is 4.90 Å². The van der Waals surface area contributed by atoms with Crippen LogP contribution in [0.1, 0.15) is 6.42 Å². The van der Waals surface area contributed by atoms with E-state index in [1.165, 1.54) is 18.2 Å². The first kappa shape index (κ1) is 16.1. The molecule has 21 heavy (non-hydrogen) atoms. The Balaban J connectivity index is 1.94. The molecule has 0 saturated carbocycles. The molecule has 1 aromatic carbocycles. The molecule has 0 radical (unpaired) electrons. The van der Waals surface area contributed by atoms with Crippen LogP contribution >= 0.6 is 11.6 Å². The van der Waals surface area contributed by atoms with Crippen molar-refractivity contribution in [1.29, 1.82) is 0 Å². The van der Waals surface area contributed by atoms with Crippen molar-refractivity contribution in [2.24, 2.45) is 0 Å². The Hall–Kier alpha value is -1.31. The number of benzene rings is 1. The average Bonchev–Trinajstić information content (AvgIpc) is 2.74. The standard InChI is InChI=1S/C13H17ClN2O4S/c1-16(10-4-5-21(19,20)8-10)7-13(18)15-11-6-9(14)2-3-12(11)17/h2-3,6,10,17H,4-5,7-8H2,1H3,(H,15,18)/t10-/m0/s1. The lowest BCUT2D eigenvalue weighted by molar-refractivity contribution is -0.117. The van der Waals surface area contributed by atoms with Gasteiger partial charge in [0.25, 0.3) is 0 Å². The molecule has 116 valence electrons. The van der Waals surface area contributed by atoms with Crippen LogP contribution in [0.2, 0.25) is 5.02 Å². The number of hydrogen-bond donors (Lipinski definition) is 2. The second-order valence-corrected chi connectivity index (χ2v) is 7.85. The molecule has 6 nitrogen and oxygen atoms in total. The van der Waals surface area contributed by atoms with E-state index in [0.717, 1.165) is 0 Å². The Kier molecular flexibility index (Phi) is 4.75. The molecule has 2 rings (SSSR count). The van der Waals surface area contributed by atoms with E-state index in [2.05, 4.69) is 5.32 Å². The third kappa shape index (κ3) is 4.33. The number of phenols is 1. The zero-order valence-corrected chi connectivity index (χ0v) is 13.1. The number of amides is 1. The minimum absolute atomic E-state index is 0.0478. The Bertz CT molecular complexity index is 648. The van der Waals surface area contributed by atoms with E-state index >= 15 is 0 Å². The zero-order valence-electron chi connectivity index (χ0n) is 11.5. The molecule has 0 aliphatic carbocycles. The summed E-state index contributed by atoms with van der Waals surface area (Å²) in [7, 11) is -1.27. The van der Waals surface area contributed by atoms with E-state index < -0.39 is 9.84 Å². The molecule has 1 saturated heterocycles. The minimum atomic E-state index is -2.98. The van der Waals surface area contributed by atoms with Gasteiger partial charge in [-0.15, -0.1) is 0 Å². The monoisotopic (exact) mass is 332 g/mol. The fourth-order valence-corrected chi connectivity index (χ4v) is 4.25. The predicted molar refractivity (Wildman–Crippen MR) is 81.4 cm³/mol. The zero-order chi connectivity index (χ0) is 15.6. The number of carbonyl (C=O) groups excluding carboxylic acids is 1. The summed E-state index contributed by atoms with van der Waals surface area (Å²) in [6, 6.07) is 4.22. The van der Waals surface area contributed by atoms with Gasteiger partial charge in [-0.05, 0) is 31.7 Å². The smallest absolute Gasteiger partial charge is 0.238 e. The van der Waals surface area contributed by atoms with E-state index in [-0.39, 0.29) is 41.4 Å². The second-order valence-electron chi connectivity index (χ2n) is 5.18. The maximum Gasteiger partial charge on any atom is 0.238 e. The van der Waals surface area contributed by atoms with Crippen LogP contribution in [0.3, 0.4) is 0 Å². The third-order valence-electron chi connectivity index (χ3n) is 3.46. The van der Waals surface area contributed by atoms with Gasteiger partial charge in [0, 0.05) is 11.1 Å². The van der Waals surface area contributed by atoms with Gasteiger partial charge in [0.15, 0.2) is 9.84 Å². The summed E-state index contributed by atoms with van der Waals surface area (Å²) in [5.74, 6) is -0.157. The van der Waals surface area contributed by atoms with Crippen molar-refractivity contribution in [2.45, 2.75) is 12.5 Å². The highest BCUT2D eigenvalue weighted by molar-refractivity contribution is 7.91. The predicted octanol–water partition coefficient (Wildman–Crippen LogP) is 1.10. The SMILES string of the molecule is CN(CC(=O)Nc1cc(Cl)ccc1O)[C@H]1CCS(=O)(=O)C1.